The highest BCUT2D eigenvalue weighted by Crippen LogP contribution is 2.17. The Hall–Kier alpha value is -2.88. The van der Waals surface area contributed by atoms with Crippen molar-refractivity contribution in [3.8, 4) is 0 Å². The Morgan fingerprint density at radius 2 is 1.86 bits per heavy atom. The molecule has 0 aromatic heterocycles. The van der Waals surface area contributed by atoms with Gasteiger partial charge in [-0.15, -0.1) is 0 Å². The Morgan fingerprint density at radius 3 is 2.39 bits per heavy atom. The van der Waals surface area contributed by atoms with Crippen LogP contribution in [0, 0.1) is 11.3 Å². The van der Waals surface area contributed by atoms with Crippen LogP contribution >= 0.6 is 0 Å². The van der Waals surface area contributed by atoms with Gasteiger partial charge in [0.15, 0.2) is 0 Å². The molecule has 1 aromatic carbocycles. The summed E-state index contributed by atoms with van der Waals surface area (Å²) in [4.78, 5) is 4.59. The van der Waals surface area contributed by atoms with Crippen LogP contribution in [0.1, 0.15) is 41.0 Å². The maximum Gasteiger partial charge on any atom is 0.108 e. The monoisotopic (exact) mass is 378 g/mol. The molecule has 0 amide bonds. The molecule has 0 radical (unpaired) electrons. The molecule has 150 valence electrons. The third kappa shape index (κ3) is 7.03. The van der Waals surface area contributed by atoms with Gasteiger partial charge in [0.2, 0.25) is 0 Å². The van der Waals surface area contributed by atoms with Gasteiger partial charge in [-0.05, 0) is 51.3 Å². The van der Waals surface area contributed by atoms with Crippen molar-refractivity contribution in [2.24, 2.45) is 10.9 Å². The standard InChI is InChI=1S/C24H34N4/c1-7-13-20(17-22(18(4)9-3)27-16-8-2)23(25)19(5)24(26-6)28-21-14-11-10-12-15-21/h7-8,10-18,25-26,28H,9H2,1-6H3/b13-7-,16-8-,20-17+,24-19-,25-23?,27-22-. The van der Waals surface area contributed by atoms with E-state index in [2.05, 4.69) is 29.5 Å². The molecule has 1 unspecified atom stereocenters. The van der Waals surface area contributed by atoms with Gasteiger partial charge in [0.05, 0.1) is 5.71 Å². The molecule has 4 heteroatoms. The minimum Gasteiger partial charge on any atom is -0.374 e. The van der Waals surface area contributed by atoms with E-state index < -0.39 is 0 Å². The average molecular weight is 379 g/mol. The summed E-state index contributed by atoms with van der Waals surface area (Å²) in [5.74, 6) is 1.13. The van der Waals surface area contributed by atoms with Crippen molar-refractivity contribution in [3.63, 3.8) is 0 Å². The molecule has 0 fully saturated rings. The highest BCUT2D eigenvalue weighted by Gasteiger charge is 2.13. The molecule has 0 saturated heterocycles. The molecular formula is C24H34N4. The van der Waals surface area contributed by atoms with Gasteiger partial charge in [-0.3, -0.25) is 10.4 Å². The summed E-state index contributed by atoms with van der Waals surface area (Å²) in [6.07, 6.45) is 10.7. The highest BCUT2D eigenvalue weighted by molar-refractivity contribution is 6.16. The normalized spacial score (nSPS) is 14.9. The fraction of sp³-hybridized carbons (Fsp3) is 0.333. The number of nitrogens with one attached hydrogen (secondary N) is 3. The SMILES string of the molecule is C\C=C/N=C(/C=C(\C=C/C)C(=N)/C(C)=C(/NC)Nc1ccccc1)C(C)CC. The van der Waals surface area contributed by atoms with Crippen LogP contribution < -0.4 is 10.6 Å². The van der Waals surface area contributed by atoms with Crippen LogP contribution in [0.15, 0.2) is 82.8 Å². The Kier molecular flexibility index (Phi) is 10.3. The lowest BCUT2D eigenvalue weighted by molar-refractivity contribution is 0.742. The van der Waals surface area contributed by atoms with Crippen molar-refractivity contribution in [2.45, 2.75) is 41.0 Å². The Labute approximate surface area is 170 Å². The quantitative estimate of drug-likeness (QED) is 0.341. The molecule has 4 nitrogen and oxygen atoms in total. The van der Waals surface area contributed by atoms with E-state index in [9.17, 15) is 0 Å². The van der Waals surface area contributed by atoms with Gasteiger partial charge < -0.3 is 10.6 Å². The first-order valence-corrected chi connectivity index (χ1v) is 9.81. The summed E-state index contributed by atoms with van der Waals surface area (Å²) in [5, 5.41) is 15.3. The Balaban J connectivity index is 3.32. The lowest BCUT2D eigenvalue weighted by Gasteiger charge is -2.17. The third-order valence-corrected chi connectivity index (χ3v) is 4.47. The molecule has 0 saturated carbocycles. The molecule has 3 N–H and O–H groups in total. The van der Waals surface area contributed by atoms with Crippen molar-refractivity contribution in [1.82, 2.24) is 5.32 Å². The second-order valence-electron chi connectivity index (χ2n) is 6.56. The summed E-state index contributed by atoms with van der Waals surface area (Å²) >= 11 is 0. The van der Waals surface area contributed by atoms with Gasteiger partial charge in [0.1, 0.15) is 5.82 Å². The van der Waals surface area contributed by atoms with Crippen LogP contribution in [0.3, 0.4) is 0 Å². The van der Waals surface area contributed by atoms with E-state index in [4.69, 9.17) is 5.41 Å². The van der Waals surface area contributed by atoms with Gasteiger partial charge in [0, 0.05) is 35.8 Å². The lowest BCUT2D eigenvalue weighted by Crippen LogP contribution is -2.21. The highest BCUT2D eigenvalue weighted by atomic mass is 15.1. The molecule has 1 aromatic rings. The molecule has 1 rings (SSSR count). The van der Waals surface area contributed by atoms with E-state index in [-0.39, 0.29) is 0 Å². The number of nitrogens with zero attached hydrogens (tertiary/aromatic N) is 1. The van der Waals surface area contributed by atoms with Crippen LogP contribution in [0.4, 0.5) is 5.69 Å². The maximum absolute atomic E-state index is 8.79. The van der Waals surface area contributed by atoms with Crippen molar-refractivity contribution in [1.29, 1.82) is 5.41 Å². The topological polar surface area (TPSA) is 60.3 Å². The lowest BCUT2D eigenvalue weighted by atomic mass is 9.96. The van der Waals surface area contributed by atoms with Gasteiger partial charge in [0.25, 0.3) is 0 Å². The zero-order valence-electron chi connectivity index (χ0n) is 18.0. The predicted molar refractivity (Wildman–Crippen MR) is 124 cm³/mol. The van der Waals surface area contributed by atoms with E-state index in [0.717, 1.165) is 34.8 Å². The smallest absolute Gasteiger partial charge is 0.108 e. The zero-order valence-corrected chi connectivity index (χ0v) is 18.0. The summed E-state index contributed by atoms with van der Waals surface area (Å²) in [6.45, 7) is 10.2. The van der Waals surface area contributed by atoms with E-state index in [1.54, 1.807) is 0 Å². The predicted octanol–water partition coefficient (Wildman–Crippen LogP) is 6.09. The largest absolute Gasteiger partial charge is 0.374 e. The van der Waals surface area contributed by atoms with E-state index >= 15 is 0 Å². The third-order valence-electron chi connectivity index (χ3n) is 4.47. The van der Waals surface area contributed by atoms with E-state index in [0.29, 0.717) is 11.6 Å². The summed E-state index contributed by atoms with van der Waals surface area (Å²) in [5.41, 5.74) is 4.09. The zero-order chi connectivity index (χ0) is 20.9. The van der Waals surface area contributed by atoms with Crippen LogP contribution in [0.25, 0.3) is 0 Å². The number of anilines is 1. The van der Waals surface area contributed by atoms with Gasteiger partial charge in [-0.1, -0.05) is 50.3 Å². The Bertz CT molecular complexity index is 780. The Morgan fingerprint density at radius 1 is 1.18 bits per heavy atom. The molecule has 0 aliphatic carbocycles. The number of benzene rings is 1. The number of aliphatic imine (C=N–C) groups is 1. The minimum atomic E-state index is 0.319. The fourth-order valence-corrected chi connectivity index (χ4v) is 2.57. The van der Waals surface area contributed by atoms with Gasteiger partial charge in [-0.25, -0.2) is 0 Å². The molecule has 0 aliphatic rings. The van der Waals surface area contributed by atoms with Crippen LogP contribution in [0.5, 0.6) is 0 Å². The second-order valence-corrected chi connectivity index (χ2v) is 6.56. The van der Waals surface area contributed by atoms with Crippen molar-refractivity contribution >= 4 is 17.1 Å². The van der Waals surface area contributed by atoms with E-state index in [1.807, 2.05) is 88.7 Å². The minimum absolute atomic E-state index is 0.319. The molecule has 0 heterocycles. The number of rotatable bonds is 10. The molecule has 0 bridgehead atoms. The van der Waals surface area contributed by atoms with Crippen LogP contribution in [-0.4, -0.2) is 18.5 Å². The fourth-order valence-electron chi connectivity index (χ4n) is 2.57. The van der Waals surface area contributed by atoms with Crippen molar-refractivity contribution < 1.29 is 0 Å². The molecule has 0 spiro atoms. The van der Waals surface area contributed by atoms with Crippen molar-refractivity contribution in [2.75, 3.05) is 12.4 Å². The number of hydrogen-bond donors (Lipinski definition) is 3. The molecular weight excluding hydrogens is 344 g/mol. The summed E-state index contributed by atoms with van der Waals surface area (Å²) in [6, 6.07) is 9.95. The van der Waals surface area contributed by atoms with E-state index in [1.165, 1.54) is 0 Å². The first-order chi connectivity index (χ1) is 13.5. The number of para-hydroxylation sites is 1. The second kappa shape index (κ2) is 12.5. The van der Waals surface area contributed by atoms with Crippen LogP contribution in [0.2, 0.25) is 0 Å². The first-order valence-electron chi connectivity index (χ1n) is 9.81. The number of hydrogen-bond acceptors (Lipinski definition) is 4. The molecule has 1 atom stereocenters. The molecule has 28 heavy (non-hydrogen) atoms. The van der Waals surface area contributed by atoms with Gasteiger partial charge in [-0.2, -0.15) is 0 Å². The summed E-state index contributed by atoms with van der Waals surface area (Å²) in [7, 11) is 1.86. The molecule has 0 aliphatic heterocycles. The van der Waals surface area contributed by atoms with Crippen LogP contribution in [-0.2, 0) is 0 Å². The van der Waals surface area contributed by atoms with Gasteiger partial charge >= 0.3 is 0 Å². The number of allylic oxidation sites excluding steroid dienone is 6. The maximum atomic E-state index is 8.79. The first kappa shape index (κ1) is 23.2. The summed E-state index contributed by atoms with van der Waals surface area (Å²) < 4.78 is 0. The van der Waals surface area contributed by atoms with Crippen molar-refractivity contribution in [3.05, 3.63) is 77.8 Å². The average Bonchev–Trinajstić information content (AvgIpc) is 2.73.